The third kappa shape index (κ3) is 4.23. The van der Waals surface area contributed by atoms with Gasteiger partial charge in [-0.1, -0.05) is 54.4 Å². The molecule has 2 aromatic rings. The number of hydrogen-bond acceptors (Lipinski definition) is 4. The van der Waals surface area contributed by atoms with Crippen LogP contribution < -0.4 is 5.32 Å². The van der Waals surface area contributed by atoms with Crippen LogP contribution >= 0.6 is 23.4 Å². The molecule has 148 valence electrons. The molecule has 29 heavy (non-hydrogen) atoms. The van der Waals surface area contributed by atoms with Gasteiger partial charge >= 0.3 is 6.03 Å². The summed E-state index contributed by atoms with van der Waals surface area (Å²) in [5.74, 6) is -1.17. The van der Waals surface area contributed by atoms with Crippen LogP contribution in [0.5, 0.6) is 0 Å². The summed E-state index contributed by atoms with van der Waals surface area (Å²) in [6.45, 7) is 0. The zero-order valence-corrected chi connectivity index (χ0v) is 17.1. The van der Waals surface area contributed by atoms with Gasteiger partial charge < -0.3 is 0 Å². The second-order valence-corrected chi connectivity index (χ2v) is 8.58. The van der Waals surface area contributed by atoms with Crippen LogP contribution in [0.2, 0.25) is 5.02 Å². The Kier molecular flexibility index (Phi) is 5.74. The lowest BCUT2D eigenvalue weighted by Gasteiger charge is -2.31. The van der Waals surface area contributed by atoms with Crippen LogP contribution in [0.1, 0.15) is 31.2 Å². The monoisotopic (exact) mass is 426 g/mol. The minimum atomic E-state index is -0.652. The Bertz CT molecular complexity index is 997. The molecule has 4 amide bonds. The molecule has 1 aliphatic heterocycles. The van der Waals surface area contributed by atoms with Crippen molar-refractivity contribution in [2.24, 2.45) is 0 Å². The third-order valence-electron chi connectivity index (χ3n) is 5.08. The summed E-state index contributed by atoms with van der Waals surface area (Å²) >= 11 is 7.47. The van der Waals surface area contributed by atoms with E-state index in [1.165, 1.54) is 16.7 Å². The van der Waals surface area contributed by atoms with E-state index in [1.54, 1.807) is 6.08 Å². The van der Waals surface area contributed by atoms with Crippen molar-refractivity contribution in [3.63, 3.8) is 0 Å². The van der Waals surface area contributed by atoms with Crippen molar-refractivity contribution in [2.45, 2.75) is 41.5 Å². The van der Waals surface area contributed by atoms with Crippen LogP contribution in [0, 0.1) is 0 Å². The highest BCUT2D eigenvalue weighted by Gasteiger charge is 2.40. The Balaban J connectivity index is 1.65. The second-order valence-electron chi connectivity index (χ2n) is 7.02. The molecule has 0 radical (unpaired) electrons. The molecular weight excluding hydrogens is 408 g/mol. The highest BCUT2D eigenvalue weighted by atomic mass is 35.5. The van der Waals surface area contributed by atoms with E-state index in [1.807, 2.05) is 48.5 Å². The van der Waals surface area contributed by atoms with Gasteiger partial charge in [0.15, 0.2) is 0 Å². The van der Waals surface area contributed by atoms with Crippen molar-refractivity contribution < 1.29 is 14.4 Å². The Labute approximate surface area is 178 Å². The highest BCUT2D eigenvalue weighted by molar-refractivity contribution is 7.99. The predicted molar refractivity (Wildman–Crippen MR) is 113 cm³/mol. The first-order chi connectivity index (χ1) is 14.0. The Morgan fingerprint density at radius 1 is 1.00 bits per heavy atom. The minimum Gasteiger partial charge on any atom is -0.273 e. The zero-order chi connectivity index (χ0) is 20.4. The molecule has 2 aromatic carbocycles. The van der Waals surface area contributed by atoms with Crippen molar-refractivity contribution in [1.29, 1.82) is 0 Å². The predicted octanol–water partition coefficient (Wildman–Crippen LogP) is 4.90. The van der Waals surface area contributed by atoms with Gasteiger partial charge in [-0.15, -0.1) is 0 Å². The van der Waals surface area contributed by atoms with Gasteiger partial charge in [-0.05, 0) is 54.8 Å². The van der Waals surface area contributed by atoms with Crippen molar-refractivity contribution in [3.05, 3.63) is 64.7 Å². The molecule has 1 saturated carbocycles. The number of carbonyl (C=O) groups excluding carboxylic acids is 3. The van der Waals surface area contributed by atoms with Gasteiger partial charge in [-0.2, -0.15) is 0 Å². The third-order valence-corrected chi connectivity index (χ3v) is 6.43. The summed E-state index contributed by atoms with van der Waals surface area (Å²) in [4.78, 5) is 40.8. The molecule has 4 rings (SSSR count). The molecule has 0 bridgehead atoms. The fourth-order valence-electron chi connectivity index (χ4n) is 3.64. The number of nitrogens with one attached hydrogen (secondary N) is 1. The molecule has 1 heterocycles. The number of imide groups is 2. The maximum atomic E-state index is 13.0. The summed E-state index contributed by atoms with van der Waals surface area (Å²) in [6, 6.07) is 14.2. The lowest BCUT2D eigenvalue weighted by molar-refractivity contribution is -0.131. The van der Waals surface area contributed by atoms with Crippen molar-refractivity contribution in [2.75, 3.05) is 0 Å². The van der Waals surface area contributed by atoms with Crippen LogP contribution in [0.3, 0.4) is 0 Å². The Morgan fingerprint density at radius 2 is 1.69 bits per heavy atom. The molecule has 2 fully saturated rings. The van der Waals surface area contributed by atoms with E-state index in [4.69, 9.17) is 11.6 Å². The van der Waals surface area contributed by atoms with Crippen molar-refractivity contribution >= 4 is 47.3 Å². The SMILES string of the molecule is O=C1NC(=O)N(C2CCCC2)C(=O)/C1=C\c1ccccc1Sc1ccc(Cl)cc1. The lowest BCUT2D eigenvalue weighted by atomic mass is 10.1. The average molecular weight is 427 g/mol. The van der Waals surface area contributed by atoms with E-state index in [-0.39, 0.29) is 11.6 Å². The maximum absolute atomic E-state index is 13.0. The number of carbonyl (C=O) groups is 3. The van der Waals surface area contributed by atoms with E-state index in [0.717, 1.165) is 41.0 Å². The van der Waals surface area contributed by atoms with E-state index < -0.39 is 17.8 Å². The normalized spacial score (nSPS) is 19.1. The van der Waals surface area contributed by atoms with Crippen molar-refractivity contribution in [3.8, 4) is 0 Å². The van der Waals surface area contributed by atoms with Gasteiger partial charge in [0.05, 0.1) is 0 Å². The van der Waals surface area contributed by atoms with Crippen LogP contribution in [0.25, 0.3) is 6.08 Å². The number of amides is 4. The number of barbiturate groups is 1. The summed E-state index contributed by atoms with van der Waals surface area (Å²) in [5, 5.41) is 2.98. The van der Waals surface area contributed by atoms with E-state index >= 15 is 0 Å². The molecule has 0 unspecified atom stereocenters. The van der Waals surface area contributed by atoms with Gasteiger partial charge in [0.2, 0.25) is 0 Å². The summed E-state index contributed by atoms with van der Waals surface area (Å²) in [7, 11) is 0. The van der Waals surface area contributed by atoms with E-state index in [2.05, 4.69) is 5.32 Å². The first-order valence-electron chi connectivity index (χ1n) is 9.46. The average Bonchev–Trinajstić information content (AvgIpc) is 3.22. The zero-order valence-electron chi connectivity index (χ0n) is 15.6. The number of urea groups is 1. The van der Waals surface area contributed by atoms with Crippen molar-refractivity contribution in [1.82, 2.24) is 10.2 Å². The molecule has 1 aliphatic carbocycles. The molecule has 1 saturated heterocycles. The van der Waals surface area contributed by atoms with E-state index in [9.17, 15) is 14.4 Å². The Morgan fingerprint density at radius 3 is 2.41 bits per heavy atom. The van der Waals surface area contributed by atoms with E-state index in [0.29, 0.717) is 5.02 Å². The summed E-state index contributed by atoms with van der Waals surface area (Å²) < 4.78 is 0. The van der Waals surface area contributed by atoms with Gasteiger partial charge in [-0.25, -0.2) is 4.79 Å². The first kappa shape index (κ1) is 19.7. The topological polar surface area (TPSA) is 66.5 Å². The number of halogens is 1. The van der Waals surface area contributed by atoms with Gasteiger partial charge in [-0.3, -0.25) is 19.8 Å². The molecule has 2 aliphatic rings. The quantitative estimate of drug-likeness (QED) is 0.558. The first-order valence-corrected chi connectivity index (χ1v) is 10.7. The fraction of sp³-hybridized carbons (Fsp3) is 0.227. The highest BCUT2D eigenvalue weighted by Crippen LogP contribution is 2.33. The minimum absolute atomic E-state index is 0.0133. The van der Waals surface area contributed by atoms with Gasteiger partial charge in [0, 0.05) is 20.9 Å². The van der Waals surface area contributed by atoms with Crippen LogP contribution in [0.4, 0.5) is 4.79 Å². The maximum Gasteiger partial charge on any atom is 0.331 e. The largest absolute Gasteiger partial charge is 0.331 e. The molecular formula is C22H19ClN2O3S. The van der Waals surface area contributed by atoms with Gasteiger partial charge in [0.25, 0.3) is 11.8 Å². The Hall–Kier alpha value is -2.57. The second kappa shape index (κ2) is 8.43. The lowest BCUT2D eigenvalue weighted by Crippen LogP contribution is -2.57. The molecule has 0 spiro atoms. The number of benzene rings is 2. The molecule has 0 atom stereocenters. The standard InChI is InChI=1S/C22H19ClN2O3S/c23-15-9-11-17(12-10-15)29-19-8-4-1-5-14(19)13-18-20(26)24-22(28)25(21(18)27)16-6-2-3-7-16/h1,4-5,8-13,16H,2-3,6-7H2,(H,24,26,28)/b18-13-. The number of rotatable bonds is 4. The summed E-state index contributed by atoms with van der Waals surface area (Å²) in [6.07, 6.45) is 5.10. The molecule has 0 aromatic heterocycles. The smallest absolute Gasteiger partial charge is 0.273 e. The summed E-state index contributed by atoms with van der Waals surface area (Å²) in [5.41, 5.74) is 0.729. The van der Waals surface area contributed by atoms with Crippen LogP contribution in [-0.4, -0.2) is 28.8 Å². The molecule has 5 nitrogen and oxygen atoms in total. The molecule has 1 N–H and O–H groups in total. The van der Waals surface area contributed by atoms with Gasteiger partial charge in [0.1, 0.15) is 5.57 Å². The fourth-order valence-corrected chi connectivity index (χ4v) is 4.69. The number of nitrogens with zero attached hydrogens (tertiary/aromatic N) is 1. The molecule has 7 heteroatoms. The number of hydrogen-bond donors (Lipinski definition) is 1. The van der Waals surface area contributed by atoms with Crippen LogP contribution in [-0.2, 0) is 9.59 Å². The van der Waals surface area contributed by atoms with Crippen LogP contribution in [0.15, 0.2) is 63.9 Å².